The van der Waals surface area contributed by atoms with E-state index in [1.807, 2.05) is 30.3 Å². The van der Waals surface area contributed by atoms with Gasteiger partial charge in [-0.3, -0.25) is 0 Å². The van der Waals surface area contributed by atoms with Crippen molar-refractivity contribution < 1.29 is 26.5 Å². The first kappa shape index (κ1) is 15.4. The molecule has 0 aromatic heterocycles. The second-order valence-electron chi connectivity index (χ2n) is 2.25. The molecule has 0 atom stereocenters. The number of fused-ring (bicyclic) bond motifs is 1. The largest absolute Gasteiger partial charge is 0.489 e. The van der Waals surface area contributed by atoms with Crippen LogP contribution in [0.15, 0.2) is 30.3 Å². The topological polar surface area (TPSA) is 44.2 Å². The van der Waals surface area contributed by atoms with Crippen LogP contribution in [-0.2, 0) is 21.7 Å². The van der Waals surface area contributed by atoms with Gasteiger partial charge in [-0.15, -0.1) is 0 Å². The third-order valence-electron chi connectivity index (χ3n) is 1.55. The van der Waals surface area contributed by atoms with E-state index in [1.54, 1.807) is 0 Å². The molecule has 1 aliphatic rings. The Balaban J connectivity index is 0. The van der Waals surface area contributed by atoms with Crippen molar-refractivity contribution in [3.05, 3.63) is 35.9 Å². The zero-order chi connectivity index (χ0) is 6.81. The van der Waals surface area contributed by atoms with Gasteiger partial charge in [0.1, 0.15) is 12.4 Å². The Morgan fingerprint density at radius 2 is 1.85 bits per heavy atom. The molecule has 0 saturated heterocycles. The van der Waals surface area contributed by atoms with Crippen molar-refractivity contribution in [2.75, 3.05) is 6.61 Å². The van der Waals surface area contributed by atoms with Gasteiger partial charge in [-0.2, -0.15) is 0 Å². The molecule has 0 radical (unpaired) electrons. The molecule has 1 aliphatic heterocycles. The maximum Gasteiger partial charge on any atom is 0.187 e. The molecule has 0 saturated carbocycles. The van der Waals surface area contributed by atoms with Crippen LogP contribution in [-0.4, -0.2) is 24.0 Å². The Labute approximate surface area is 104 Å². The van der Waals surface area contributed by atoms with Gasteiger partial charge in [0.15, 0.2) is 17.4 Å². The van der Waals surface area contributed by atoms with Crippen molar-refractivity contribution in [3.8, 4) is 5.75 Å². The third-order valence-corrected chi connectivity index (χ3v) is 1.55. The first-order valence-corrected chi connectivity index (χ1v) is 3.35. The molecular weight excluding hydrogens is 213 g/mol. The SMILES string of the molecule is C1=Cc2ccccc2OC1.N.[AlH3].[Ti]. The van der Waals surface area contributed by atoms with Crippen molar-refractivity contribution in [2.24, 2.45) is 0 Å². The summed E-state index contributed by atoms with van der Waals surface area (Å²) in [7, 11) is 0. The fraction of sp³-hybridized carbons (Fsp3) is 0.111. The molecule has 2 rings (SSSR count). The van der Waals surface area contributed by atoms with Crippen molar-refractivity contribution in [3.63, 3.8) is 0 Å². The molecule has 0 aliphatic carbocycles. The zero-order valence-electron chi connectivity index (χ0n) is 6.79. The second kappa shape index (κ2) is 7.38. The van der Waals surface area contributed by atoms with Gasteiger partial charge in [0.05, 0.1) is 0 Å². The van der Waals surface area contributed by atoms with Gasteiger partial charge in [-0.25, -0.2) is 0 Å². The molecule has 2 nitrogen and oxygen atoms in total. The van der Waals surface area contributed by atoms with Crippen LogP contribution in [0, 0.1) is 0 Å². The van der Waals surface area contributed by atoms with Gasteiger partial charge in [0, 0.05) is 27.3 Å². The predicted molar refractivity (Wildman–Crippen MR) is 55.9 cm³/mol. The predicted octanol–water partition coefficient (Wildman–Crippen LogP) is 1.07. The van der Waals surface area contributed by atoms with Crippen molar-refractivity contribution >= 4 is 23.4 Å². The normalized spacial score (nSPS) is 10.8. The molecule has 0 spiro atoms. The maximum absolute atomic E-state index is 5.34. The summed E-state index contributed by atoms with van der Waals surface area (Å²) in [4.78, 5) is 0. The summed E-state index contributed by atoms with van der Waals surface area (Å²) in [6.07, 6.45) is 4.10. The first-order valence-electron chi connectivity index (χ1n) is 3.35. The van der Waals surface area contributed by atoms with E-state index in [1.165, 1.54) is 5.56 Å². The van der Waals surface area contributed by atoms with Crippen LogP contribution in [0.5, 0.6) is 5.75 Å². The second-order valence-corrected chi connectivity index (χ2v) is 2.25. The van der Waals surface area contributed by atoms with Crippen LogP contribution in [0.4, 0.5) is 0 Å². The average Bonchev–Trinajstić information content (AvgIpc) is 2.05. The van der Waals surface area contributed by atoms with E-state index >= 15 is 0 Å². The summed E-state index contributed by atoms with van der Waals surface area (Å²) in [5.41, 5.74) is 1.17. The Morgan fingerprint density at radius 1 is 1.15 bits per heavy atom. The van der Waals surface area contributed by atoms with Gasteiger partial charge >= 0.3 is 0 Å². The monoisotopic (exact) mass is 227 g/mol. The van der Waals surface area contributed by atoms with Crippen molar-refractivity contribution in [2.45, 2.75) is 0 Å². The minimum Gasteiger partial charge on any atom is -0.489 e. The molecule has 1 aromatic rings. The Bertz CT molecular complexity index is 278. The minimum atomic E-state index is 0. The van der Waals surface area contributed by atoms with Gasteiger partial charge < -0.3 is 10.9 Å². The summed E-state index contributed by atoms with van der Waals surface area (Å²) in [6, 6.07) is 8.03. The molecule has 4 heteroatoms. The maximum atomic E-state index is 5.34. The van der Waals surface area contributed by atoms with E-state index in [9.17, 15) is 0 Å². The van der Waals surface area contributed by atoms with E-state index in [0.29, 0.717) is 6.61 Å². The van der Waals surface area contributed by atoms with Gasteiger partial charge in [-0.05, 0) is 12.1 Å². The van der Waals surface area contributed by atoms with Gasteiger partial charge in [0.25, 0.3) is 0 Å². The number of rotatable bonds is 0. The van der Waals surface area contributed by atoms with E-state index in [0.717, 1.165) is 5.75 Å². The molecule has 0 unspecified atom stereocenters. The fourth-order valence-corrected chi connectivity index (χ4v) is 1.06. The van der Waals surface area contributed by atoms with E-state index in [-0.39, 0.29) is 45.2 Å². The molecule has 13 heavy (non-hydrogen) atoms. The van der Waals surface area contributed by atoms with Crippen LogP contribution in [0.2, 0.25) is 0 Å². The molecule has 68 valence electrons. The quantitative estimate of drug-likeness (QED) is 0.673. The summed E-state index contributed by atoms with van der Waals surface area (Å²) in [5.74, 6) is 0.991. The summed E-state index contributed by atoms with van der Waals surface area (Å²) in [6.45, 7) is 0.705. The molecule has 0 bridgehead atoms. The first-order chi connectivity index (χ1) is 4.97. The van der Waals surface area contributed by atoms with Gasteiger partial charge in [-0.1, -0.05) is 24.3 Å². The van der Waals surface area contributed by atoms with Crippen molar-refractivity contribution in [1.29, 1.82) is 0 Å². The Morgan fingerprint density at radius 3 is 2.54 bits per heavy atom. The fourth-order valence-electron chi connectivity index (χ4n) is 1.06. The molecule has 1 heterocycles. The third kappa shape index (κ3) is 3.68. The van der Waals surface area contributed by atoms with E-state index in [2.05, 4.69) is 6.08 Å². The van der Waals surface area contributed by atoms with Crippen LogP contribution in [0.3, 0.4) is 0 Å². The number of hydrogen-bond acceptors (Lipinski definition) is 2. The standard InChI is InChI=1S/C9H8O.Al.H3N.Ti.3H/c1-2-6-9-8(4-1)5-3-7-10-9;;;;;;/h1-6H,7H2;;1H3;;;;. The van der Waals surface area contributed by atoms with Crippen LogP contribution in [0.1, 0.15) is 5.56 Å². The summed E-state index contributed by atoms with van der Waals surface area (Å²) >= 11 is 0. The average molecular weight is 227 g/mol. The van der Waals surface area contributed by atoms with Gasteiger partial charge in [0.2, 0.25) is 0 Å². The molecule has 3 N–H and O–H groups in total. The molecule has 1 aromatic carbocycles. The van der Waals surface area contributed by atoms with E-state index < -0.39 is 0 Å². The van der Waals surface area contributed by atoms with E-state index in [4.69, 9.17) is 4.74 Å². The number of hydrogen-bond donors (Lipinski definition) is 1. The number of benzene rings is 1. The minimum absolute atomic E-state index is 0. The Hall–Kier alpha value is -0.0332. The summed E-state index contributed by atoms with van der Waals surface area (Å²) in [5, 5.41) is 0. The smallest absolute Gasteiger partial charge is 0.187 e. The van der Waals surface area contributed by atoms with Crippen LogP contribution in [0.25, 0.3) is 6.08 Å². The molecule has 0 amide bonds. The molecule has 0 fully saturated rings. The molecular formula is C9H14AlNOTi. The number of ether oxygens (including phenoxy) is 1. The Kier molecular flexibility index (Phi) is 8.76. The van der Waals surface area contributed by atoms with Crippen LogP contribution >= 0.6 is 0 Å². The van der Waals surface area contributed by atoms with Crippen LogP contribution < -0.4 is 10.9 Å². The van der Waals surface area contributed by atoms with Crippen molar-refractivity contribution in [1.82, 2.24) is 6.15 Å². The summed E-state index contributed by atoms with van der Waals surface area (Å²) < 4.78 is 5.34. The number of para-hydroxylation sites is 1. The zero-order valence-corrected chi connectivity index (χ0v) is 8.35.